The maximum atomic E-state index is 13.3. The highest BCUT2D eigenvalue weighted by Crippen LogP contribution is 2.31. The fourth-order valence-electron chi connectivity index (χ4n) is 3.87. The molecule has 1 saturated heterocycles. The minimum Gasteiger partial charge on any atom is -0.353 e. The first-order valence-electron chi connectivity index (χ1n) is 8.92. The third-order valence-electron chi connectivity index (χ3n) is 5.75. The monoisotopic (exact) mass is 366 g/mol. The van der Waals surface area contributed by atoms with Crippen molar-refractivity contribution in [3.8, 4) is 0 Å². The maximum Gasteiger partial charge on any atom is 0.227 e. The van der Waals surface area contributed by atoms with Crippen molar-refractivity contribution in [1.29, 1.82) is 0 Å². The van der Waals surface area contributed by atoms with Crippen molar-refractivity contribution in [3.63, 3.8) is 0 Å². The zero-order chi connectivity index (χ0) is 18.1. The molecule has 1 aliphatic heterocycles. The standard InChI is InChI=1S/C19H24ClFN2O2/c1-11-4-3-5-17(12(11)2)22-19(25)13-8-18(24)23(10-13)14-6-7-16(21)15(20)9-14/h6-7,9,11-13,17H,3-5,8,10H2,1-2H3,(H,22,25)/t11-,12-,13+,17+/m1/s1. The molecule has 2 aliphatic rings. The molecular formula is C19H24ClFN2O2. The number of hydrogen-bond acceptors (Lipinski definition) is 2. The topological polar surface area (TPSA) is 49.4 Å². The first-order chi connectivity index (χ1) is 11.9. The molecule has 25 heavy (non-hydrogen) atoms. The van der Waals surface area contributed by atoms with Crippen molar-refractivity contribution in [3.05, 3.63) is 29.0 Å². The Morgan fingerprint density at radius 1 is 1.32 bits per heavy atom. The van der Waals surface area contributed by atoms with Gasteiger partial charge in [-0.3, -0.25) is 9.59 Å². The molecule has 3 rings (SSSR count). The smallest absolute Gasteiger partial charge is 0.227 e. The van der Waals surface area contributed by atoms with E-state index < -0.39 is 5.82 Å². The second-order valence-electron chi connectivity index (χ2n) is 7.39. The summed E-state index contributed by atoms with van der Waals surface area (Å²) in [6.45, 7) is 4.72. The largest absolute Gasteiger partial charge is 0.353 e. The molecule has 2 fully saturated rings. The van der Waals surface area contributed by atoms with Crippen molar-refractivity contribution in [2.45, 2.75) is 45.6 Å². The quantitative estimate of drug-likeness (QED) is 0.885. The summed E-state index contributed by atoms with van der Waals surface area (Å²) < 4.78 is 13.3. The van der Waals surface area contributed by atoms with Gasteiger partial charge < -0.3 is 10.2 Å². The van der Waals surface area contributed by atoms with Crippen LogP contribution in [0.1, 0.15) is 39.5 Å². The number of benzene rings is 1. The fourth-order valence-corrected chi connectivity index (χ4v) is 4.05. The van der Waals surface area contributed by atoms with E-state index in [0.29, 0.717) is 24.1 Å². The van der Waals surface area contributed by atoms with Crippen LogP contribution in [0.5, 0.6) is 0 Å². The van der Waals surface area contributed by atoms with Gasteiger partial charge in [0.1, 0.15) is 5.82 Å². The number of anilines is 1. The molecule has 4 nitrogen and oxygen atoms in total. The number of rotatable bonds is 3. The van der Waals surface area contributed by atoms with Crippen LogP contribution < -0.4 is 10.2 Å². The molecular weight excluding hydrogens is 343 g/mol. The van der Waals surface area contributed by atoms with Gasteiger partial charge in [-0.1, -0.05) is 38.3 Å². The summed E-state index contributed by atoms with van der Waals surface area (Å²) in [7, 11) is 0. The number of amides is 2. The Morgan fingerprint density at radius 2 is 2.08 bits per heavy atom. The van der Waals surface area contributed by atoms with E-state index in [9.17, 15) is 14.0 Å². The van der Waals surface area contributed by atoms with Crippen LogP contribution in [0.25, 0.3) is 0 Å². The van der Waals surface area contributed by atoms with E-state index >= 15 is 0 Å². The number of nitrogens with one attached hydrogen (secondary N) is 1. The minimum atomic E-state index is -0.522. The Bertz CT molecular complexity index is 681. The van der Waals surface area contributed by atoms with Gasteiger partial charge in [0, 0.05) is 24.7 Å². The van der Waals surface area contributed by atoms with Crippen molar-refractivity contribution in [2.75, 3.05) is 11.4 Å². The second-order valence-corrected chi connectivity index (χ2v) is 7.79. The third-order valence-corrected chi connectivity index (χ3v) is 6.03. The molecule has 1 aliphatic carbocycles. The van der Waals surface area contributed by atoms with E-state index in [1.807, 2.05) is 0 Å². The number of halogens is 2. The van der Waals surface area contributed by atoms with Crippen LogP contribution in [0.15, 0.2) is 18.2 Å². The molecule has 1 N–H and O–H groups in total. The van der Waals surface area contributed by atoms with Gasteiger partial charge in [-0.25, -0.2) is 4.39 Å². The zero-order valence-corrected chi connectivity index (χ0v) is 15.4. The molecule has 2 amide bonds. The number of hydrogen-bond donors (Lipinski definition) is 1. The molecule has 1 aromatic rings. The summed E-state index contributed by atoms with van der Waals surface area (Å²) in [5, 5.41) is 3.13. The molecule has 136 valence electrons. The predicted molar refractivity (Wildman–Crippen MR) is 96.0 cm³/mol. The highest BCUT2D eigenvalue weighted by Gasteiger charge is 2.37. The van der Waals surface area contributed by atoms with E-state index in [-0.39, 0.29) is 35.2 Å². The highest BCUT2D eigenvalue weighted by atomic mass is 35.5. The lowest BCUT2D eigenvalue weighted by molar-refractivity contribution is -0.127. The van der Waals surface area contributed by atoms with Gasteiger partial charge in [0.15, 0.2) is 0 Å². The predicted octanol–water partition coefficient (Wildman–Crippen LogP) is 3.77. The molecule has 0 radical (unpaired) electrons. The van der Waals surface area contributed by atoms with Crippen LogP contribution in [0.4, 0.5) is 10.1 Å². The van der Waals surface area contributed by atoms with Gasteiger partial charge in [-0.15, -0.1) is 0 Å². The van der Waals surface area contributed by atoms with E-state index in [2.05, 4.69) is 19.2 Å². The summed E-state index contributed by atoms with van der Waals surface area (Å²) in [6, 6.07) is 4.37. The lowest BCUT2D eigenvalue weighted by Crippen LogP contribution is -2.46. The van der Waals surface area contributed by atoms with Crippen LogP contribution in [0, 0.1) is 23.6 Å². The van der Waals surface area contributed by atoms with E-state index in [0.717, 1.165) is 12.8 Å². The van der Waals surface area contributed by atoms with Gasteiger partial charge >= 0.3 is 0 Å². The van der Waals surface area contributed by atoms with E-state index in [1.165, 1.54) is 29.5 Å². The lowest BCUT2D eigenvalue weighted by atomic mass is 9.78. The number of carbonyl (C=O) groups is 2. The van der Waals surface area contributed by atoms with Crippen LogP contribution >= 0.6 is 11.6 Å². The number of nitrogens with zero attached hydrogens (tertiary/aromatic N) is 1. The zero-order valence-electron chi connectivity index (χ0n) is 14.6. The molecule has 1 saturated carbocycles. The van der Waals surface area contributed by atoms with E-state index in [1.54, 1.807) is 0 Å². The van der Waals surface area contributed by atoms with Crippen LogP contribution in [0.3, 0.4) is 0 Å². The van der Waals surface area contributed by atoms with Gasteiger partial charge in [0.05, 0.1) is 10.9 Å². The van der Waals surface area contributed by atoms with Crippen LogP contribution in [-0.4, -0.2) is 24.4 Å². The molecule has 0 spiro atoms. The first kappa shape index (κ1) is 18.2. The summed E-state index contributed by atoms with van der Waals surface area (Å²) >= 11 is 5.81. The molecule has 6 heteroatoms. The molecule has 0 aromatic heterocycles. The summed E-state index contributed by atoms with van der Waals surface area (Å²) in [4.78, 5) is 26.5. The van der Waals surface area contributed by atoms with Gasteiger partial charge in [0.2, 0.25) is 11.8 Å². The molecule has 0 unspecified atom stereocenters. The molecule has 0 bridgehead atoms. The Kier molecular flexibility index (Phi) is 5.32. The van der Waals surface area contributed by atoms with Crippen molar-refractivity contribution in [2.24, 2.45) is 17.8 Å². The fraction of sp³-hybridized carbons (Fsp3) is 0.579. The molecule has 1 heterocycles. The van der Waals surface area contributed by atoms with Gasteiger partial charge in [0.25, 0.3) is 0 Å². The number of carbonyl (C=O) groups excluding carboxylic acids is 2. The van der Waals surface area contributed by atoms with E-state index in [4.69, 9.17) is 11.6 Å². The molecule has 4 atom stereocenters. The summed E-state index contributed by atoms with van der Waals surface area (Å²) in [6.07, 6.45) is 3.50. The highest BCUT2D eigenvalue weighted by molar-refractivity contribution is 6.31. The van der Waals surface area contributed by atoms with Crippen molar-refractivity contribution < 1.29 is 14.0 Å². The van der Waals surface area contributed by atoms with Crippen molar-refractivity contribution in [1.82, 2.24) is 5.32 Å². The molecule has 1 aromatic carbocycles. The Labute approximate surface area is 152 Å². The lowest BCUT2D eigenvalue weighted by Gasteiger charge is -2.35. The van der Waals surface area contributed by atoms with Crippen LogP contribution in [-0.2, 0) is 9.59 Å². The van der Waals surface area contributed by atoms with Gasteiger partial charge in [-0.2, -0.15) is 0 Å². The Morgan fingerprint density at radius 3 is 2.80 bits per heavy atom. The minimum absolute atomic E-state index is 0.0248. The third kappa shape index (κ3) is 3.81. The maximum absolute atomic E-state index is 13.3. The van der Waals surface area contributed by atoms with Gasteiger partial charge in [-0.05, 0) is 36.5 Å². The summed E-state index contributed by atoms with van der Waals surface area (Å²) in [5.41, 5.74) is 0.534. The van der Waals surface area contributed by atoms with Crippen molar-refractivity contribution >= 4 is 29.1 Å². The Hall–Kier alpha value is -1.62. The van der Waals surface area contributed by atoms with Crippen LogP contribution in [0.2, 0.25) is 5.02 Å². The normalized spacial score (nSPS) is 29.8. The second kappa shape index (κ2) is 7.32. The Balaban J connectivity index is 1.65. The average Bonchev–Trinajstić information content (AvgIpc) is 2.96. The first-order valence-corrected chi connectivity index (χ1v) is 9.30. The summed E-state index contributed by atoms with van der Waals surface area (Å²) in [5.74, 6) is -0.0423. The average molecular weight is 367 g/mol. The SMILES string of the molecule is C[C@@H]1[C@H](C)CCC[C@@H]1NC(=O)[C@H]1CC(=O)N(c2ccc(F)c(Cl)c2)C1.